The number of aromatic nitrogens is 3. The van der Waals surface area contributed by atoms with Gasteiger partial charge in [0, 0.05) is 11.1 Å². The molecule has 0 spiro atoms. The summed E-state index contributed by atoms with van der Waals surface area (Å²) in [4.78, 5) is 14.1. The Morgan fingerprint density at radius 1 is 1.35 bits per heavy atom. The number of thioether (sulfide) groups is 1. The first-order valence-electron chi connectivity index (χ1n) is 5.67. The molecule has 2 aromatic heterocycles. The Labute approximate surface area is 105 Å². The van der Waals surface area contributed by atoms with E-state index < -0.39 is 0 Å². The monoisotopic (exact) mass is 248 g/mol. The molecule has 90 valence electrons. The highest BCUT2D eigenvalue weighted by Crippen LogP contribution is 2.25. The molecule has 0 radical (unpaired) electrons. The number of anilines is 1. The summed E-state index contributed by atoms with van der Waals surface area (Å²) in [6.07, 6.45) is 1.88. The summed E-state index contributed by atoms with van der Waals surface area (Å²) in [5.41, 5.74) is 8.34. The third kappa shape index (κ3) is 2.49. The fraction of sp³-hybridized carbons (Fsp3) is 0.417. The van der Waals surface area contributed by atoms with E-state index in [1.54, 1.807) is 11.8 Å². The second kappa shape index (κ2) is 4.87. The largest absolute Gasteiger partial charge is 0.368 e. The fourth-order valence-electron chi connectivity index (χ4n) is 1.69. The van der Waals surface area contributed by atoms with E-state index >= 15 is 0 Å². The van der Waals surface area contributed by atoms with Gasteiger partial charge >= 0.3 is 0 Å². The quantitative estimate of drug-likeness (QED) is 0.846. The zero-order valence-corrected chi connectivity index (χ0v) is 11.1. The molecule has 0 unspecified atom stereocenters. The third-order valence-electron chi connectivity index (χ3n) is 2.41. The van der Waals surface area contributed by atoms with Crippen molar-refractivity contribution in [1.29, 1.82) is 0 Å². The molecule has 2 aromatic rings. The summed E-state index contributed by atoms with van der Waals surface area (Å²) in [6.45, 7) is 6.28. The summed E-state index contributed by atoms with van der Waals surface area (Å²) in [6, 6.07) is 2.03. The molecule has 0 aliphatic rings. The number of rotatable bonds is 3. The zero-order chi connectivity index (χ0) is 12.4. The van der Waals surface area contributed by atoms with Gasteiger partial charge in [-0.05, 0) is 17.7 Å². The summed E-state index contributed by atoms with van der Waals surface area (Å²) in [7, 11) is 0. The van der Waals surface area contributed by atoms with E-state index in [-0.39, 0.29) is 0 Å². The molecule has 0 saturated carbocycles. The minimum atomic E-state index is 0.292. The first-order chi connectivity index (χ1) is 8.11. The van der Waals surface area contributed by atoms with Crippen molar-refractivity contribution in [2.75, 3.05) is 11.5 Å². The van der Waals surface area contributed by atoms with Crippen molar-refractivity contribution in [2.45, 2.75) is 31.6 Å². The van der Waals surface area contributed by atoms with Gasteiger partial charge in [-0.2, -0.15) is 0 Å². The van der Waals surface area contributed by atoms with Crippen LogP contribution in [0.4, 0.5) is 5.95 Å². The molecule has 0 aromatic carbocycles. The van der Waals surface area contributed by atoms with Crippen LogP contribution >= 0.6 is 11.8 Å². The van der Waals surface area contributed by atoms with Crippen LogP contribution in [-0.2, 0) is 0 Å². The summed E-state index contributed by atoms with van der Waals surface area (Å²) in [5.74, 6) is 1.63. The number of nitrogens with zero attached hydrogens (tertiary/aromatic N) is 3. The molecule has 0 bridgehead atoms. The molecule has 17 heavy (non-hydrogen) atoms. The van der Waals surface area contributed by atoms with Crippen molar-refractivity contribution in [1.82, 2.24) is 15.0 Å². The van der Waals surface area contributed by atoms with Crippen molar-refractivity contribution in [3.63, 3.8) is 0 Å². The number of fused-ring (bicyclic) bond motifs is 1. The van der Waals surface area contributed by atoms with Crippen molar-refractivity contribution in [3.05, 3.63) is 18.0 Å². The Hall–Kier alpha value is -1.36. The Balaban J connectivity index is 2.62. The van der Waals surface area contributed by atoms with E-state index in [0.29, 0.717) is 11.9 Å². The van der Waals surface area contributed by atoms with Crippen molar-refractivity contribution < 1.29 is 0 Å². The highest BCUT2D eigenvalue weighted by atomic mass is 32.2. The predicted molar refractivity (Wildman–Crippen MR) is 72.2 cm³/mol. The van der Waals surface area contributed by atoms with Gasteiger partial charge in [0.2, 0.25) is 5.95 Å². The van der Waals surface area contributed by atoms with Crippen LogP contribution in [0.3, 0.4) is 0 Å². The van der Waals surface area contributed by atoms with Gasteiger partial charge in [-0.3, -0.25) is 4.98 Å². The highest BCUT2D eigenvalue weighted by Gasteiger charge is 2.11. The maximum atomic E-state index is 5.73. The van der Waals surface area contributed by atoms with Gasteiger partial charge in [-0.15, -0.1) is 11.8 Å². The maximum Gasteiger partial charge on any atom is 0.220 e. The summed E-state index contributed by atoms with van der Waals surface area (Å²) >= 11 is 1.75. The lowest BCUT2D eigenvalue weighted by atomic mass is 10.1. The van der Waals surface area contributed by atoms with Gasteiger partial charge in [0.1, 0.15) is 5.52 Å². The molecule has 0 aliphatic heterocycles. The van der Waals surface area contributed by atoms with Crippen LogP contribution in [-0.4, -0.2) is 20.7 Å². The fourth-order valence-corrected chi connectivity index (χ4v) is 2.35. The first kappa shape index (κ1) is 12.1. The van der Waals surface area contributed by atoms with E-state index in [1.165, 1.54) is 0 Å². The Bertz CT molecular complexity index is 539. The van der Waals surface area contributed by atoms with Gasteiger partial charge in [0.15, 0.2) is 0 Å². The van der Waals surface area contributed by atoms with Gasteiger partial charge in [0.05, 0.1) is 11.2 Å². The second-order valence-electron chi connectivity index (χ2n) is 4.09. The average Bonchev–Trinajstić information content (AvgIpc) is 2.27. The first-order valence-corrected chi connectivity index (χ1v) is 6.66. The molecule has 0 aliphatic carbocycles. The van der Waals surface area contributed by atoms with Gasteiger partial charge in [0.25, 0.3) is 0 Å². The molecule has 0 atom stereocenters. The highest BCUT2D eigenvalue weighted by molar-refractivity contribution is 7.99. The summed E-state index contributed by atoms with van der Waals surface area (Å²) < 4.78 is 0. The maximum absolute atomic E-state index is 5.73. The van der Waals surface area contributed by atoms with E-state index in [2.05, 4.69) is 35.7 Å². The lowest BCUT2D eigenvalue weighted by Crippen LogP contribution is -2.03. The minimum absolute atomic E-state index is 0.292. The Morgan fingerprint density at radius 3 is 2.76 bits per heavy atom. The molecular weight excluding hydrogens is 232 g/mol. The van der Waals surface area contributed by atoms with Crippen LogP contribution in [0, 0.1) is 0 Å². The van der Waals surface area contributed by atoms with Crippen LogP contribution in [0.2, 0.25) is 0 Å². The predicted octanol–water partition coefficient (Wildman–Crippen LogP) is 2.84. The molecule has 2 rings (SSSR count). The van der Waals surface area contributed by atoms with Gasteiger partial charge < -0.3 is 5.73 Å². The summed E-state index contributed by atoms with van der Waals surface area (Å²) in [5, 5.41) is 0. The van der Waals surface area contributed by atoms with E-state index in [1.807, 2.05) is 12.3 Å². The number of hydrogen-bond acceptors (Lipinski definition) is 5. The zero-order valence-electron chi connectivity index (χ0n) is 10.3. The van der Waals surface area contributed by atoms with Crippen molar-refractivity contribution in [3.8, 4) is 0 Å². The van der Waals surface area contributed by atoms with E-state index in [4.69, 9.17) is 5.73 Å². The van der Waals surface area contributed by atoms with Crippen molar-refractivity contribution >= 4 is 28.7 Å². The van der Waals surface area contributed by atoms with Crippen LogP contribution < -0.4 is 5.73 Å². The van der Waals surface area contributed by atoms with Gasteiger partial charge in [-0.1, -0.05) is 20.8 Å². The lowest BCUT2D eigenvalue weighted by Gasteiger charge is -2.09. The topological polar surface area (TPSA) is 64.7 Å². The number of pyridine rings is 1. The molecule has 5 heteroatoms. The molecular formula is C12H16N4S. The SMILES string of the molecule is CCSc1cnc2c(C(C)C)nc(N)nc2c1. The standard InChI is InChI=1S/C12H16N4S/c1-4-17-8-5-9-11(14-6-8)10(7(2)3)16-12(13)15-9/h5-7H,4H2,1-3H3,(H2,13,15,16). The van der Waals surface area contributed by atoms with Crippen LogP contribution in [0.15, 0.2) is 17.2 Å². The normalized spacial score (nSPS) is 11.3. The average molecular weight is 248 g/mol. The smallest absolute Gasteiger partial charge is 0.220 e. The number of nitrogens with two attached hydrogens (primary N) is 1. The number of nitrogen functional groups attached to an aromatic ring is 1. The number of hydrogen-bond donors (Lipinski definition) is 1. The van der Waals surface area contributed by atoms with Crippen molar-refractivity contribution in [2.24, 2.45) is 0 Å². The molecule has 2 heterocycles. The molecule has 4 nitrogen and oxygen atoms in total. The van der Waals surface area contributed by atoms with Crippen LogP contribution in [0.1, 0.15) is 32.4 Å². The Morgan fingerprint density at radius 2 is 2.12 bits per heavy atom. The molecule has 0 amide bonds. The van der Waals surface area contributed by atoms with E-state index in [0.717, 1.165) is 27.4 Å². The second-order valence-corrected chi connectivity index (χ2v) is 5.43. The van der Waals surface area contributed by atoms with Gasteiger partial charge in [-0.25, -0.2) is 9.97 Å². The third-order valence-corrected chi connectivity index (χ3v) is 3.26. The van der Waals surface area contributed by atoms with Crippen LogP contribution in [0.25, 0.3) is 11.0 Å². The van der Waals surface area contributed by atoms with Crippen LogP contribution in [0.5, 0.6) is 0 Å². The van der Waals surface area contributed by atoms with E-state index in [9.17, 15) is 0 Å². The Kier molecular flexibility index (Phi) is 3.47. The molecule has 0 saturated heterocycles. The molecule has 2 N–H and O–H groups in total. The minimum Gasteiger partial charge on any atom is -0.368 e. The molecule has 0 fully saturated rings. The lowest BCUT2D eigenvalue weighted by molar-refractivity contribution is 0.827.